The topological polar surface area (TPSA) is 32.3 Å². The molecule has 1 unspecified atom stereocenters. The van der Waals surface area contributed by atoms with Crippen LogP contribution in [0.4, 0.5) is 0 Å². The van der Waals surface area contributed by atoms with Crippen LogP contribution in [-0.4, -0.2) is 41.3 Å². The first-order chi connectivity index (χ1) is 5.79. The Balaban J connectivity index is 1.99. The molecular weight excluding hydrogens is 220 g/mol. The zero-order valence-electron chi connectivity index (χ0n) is 6.92. The maximum absolute atomic E-state index is 11.5. The van der Waals surface area contributed by atoms with E-state index in [0.717, 1.165) is 32.5 Å². The number of halogens is 1. The number of carbonyl (C=O) groups is 1. The molecule has 4 heteroatoms. The van der Waals surface area contributed by atoms with Crippen LogP contribution >= 0.6 is 15.9 Å². The molecule has 1 N–H and O–H groups in total. The van der Waals surface area contributed by atoms with Crippen molar-refractivity contribution in [3.63, 3.8) is 0 Å². The predicted molar refractivity (Wildman–Crippen MR) is 50.3 cm³/mol. The minimum absolute atomic E-state index is 0.0816. The summed E-state index contributed by atoms with van der Waals surface area (Å²) in [6.07, 6.45) is 2.08. The highest BCUT2D eigenvalue weighted by Gasteiger charge is 2.35. The number of rotatable bonds is 1. The summed E-state index contributed by atoms with van der Waals surface area (Å²) in [5, 5.41) is 3.28. The van der Waals surface area contributed by atoms with Crippen molar-refractivity contribution >= 4 is 21.8 Å². The second kappa shape index (κ2) is 3.34. The van der Waals surface area contributed by atoms with Crippen LogP contribution in [0.25, 0.3) is 0 Å². The molecule has 0 spiro atoms. The monoisotopic (exact) mass is 232 g/mol. The molecule has 2 saturated heterocycles. The van der Waals surface area contributed by atoms with Crippen LogP contribution < -0.4 is 5.32 Å². The molecule has 2 fully saturated rings. The number of nitrogens with zero attached hydrogens (tertiary/aromatic N) is 1. The van der Waals surface area contributed by atoms with Crippen molar-refractivity contribution in [1.82, 2.24) is 10.2 Å². The molecule has 2 rings (SSSR count). The Kier molecular flexibility index (Phi) is 2.37. The molecule has 0 saturated carbocycles. The Bertz CT molecular complexity index is 191. The lowest BCUT2D eigenvalue weighted by atomic mass is 10.2. The number of amides is 1. The third-order valence-electron chi connectivity index (χ3n) is 2.65. The first kappa shape index (κ1) is 8.51. The van der Waals surface area contributed by atoms with Crippen LogP contribution in [0.2, 0.25) is 0 Å². The lowest BCUT2D eigenvalue weighted by Crippen LogP contribution is -2.39. The number of carbonyl (C=O) groups excluding carboxylic acids is 1. The van der Waals surface area contributed by atoms with Gasteiger partial charge < -0.3 is 10.2 Å². The Morgan fingerprint density at radius 3 is 2.83 bits per heavy atom. The van der Waals surface area contributed by atoms with Gasteiger partial charge in [-0.1, -0.05) is 15.9 Å². The van der Waals surface area contributed by atoms with Gasteiger partial charge in [-0.2, -0.15) is 0 Å². The normalized spacial score (nSPS) is 36.4. The second-order valence-electron chi connectivity index (χ2n) is 3.43. The van der Waals surface area contributed by atoms with Gasteiger partial charge in [-0.3, -0.25) is 4.79 Å². The zero-order chi connectivity index (χ0) is 8.55. The highest BCUT2D eigenvalue weighted by Crippen LogP contribution is 2.22. The summed E-state index contributed by atoms with van der Waals surface area (Å²) >= 11 is 3.38. The lowest BCUT2D eigenvalue weighted by molar-refractivity contribution is -0.128. The molecular formula is C8H13BrN2O. The Labute approximate surface area is 80.6 Å². The van der Waals surface area contributed by atoms with Gasteiger partial charge in [0.15, 0.2) is 0 Å². The molecule has 0 bridgehead atoms. The van der Waals surface area contributed by atoms with Crippen molar-refractivity contribution in [2.75, 3.05) is 19.6 Å². The summed E-state index contributed by atoms with van der Waals surface area (Å²) in [6, 6.07) is 0.458. The summed E-state index contributed by atoms with van der Waals surface area (Å²) in [4.78, 5) is 13.6. The third kappa shape index (κ3) is 1.38. The summed E-state index contributed by atoms with van der Waals surface area (Å²) in [5.41, 5.74) is 0. The van der Waals surface area contributed by atoms with Crippen LogP contribution in [0, 0.1) is 0 Å². The minimum Gasteiger partial charge on any atom is -0.337 e. The summed E-state index contributed by atoms with van der Waals surface area (Å²) in [5.74, 6) is 0.281. The average Bonchev–Trinajstić information content (AvgIpc) is 2.64. The van der Waals surface area contributed by atoms with E-state index >= 15 is 0 Å². The molecule has 0 radical (unpaired) electrons. The number of hydrogen-bond donors (Lipinski definition) is 1. The van der Waals surface area contributed by atoms with Gasteiger partial charge in [0.2, 0.25) is 5.91 Å². The second-order valence-corrected chi connectivity index (χ2v) is 4.54. The van der Waals surface area contributed by atoms with Crippen molar-refractivity contribution in [2.24, 2.45) is 0 Å². The van der Waals surface area contributed by atoms with Crippen molar-refractivity contribution in [3.8, 4) is 0 Å². The maximum atomic E-state index is 11.5. The van der Waals surface area contributed by atoms with Gasteiger partial charge in [-0.05, 0) is 19.4 Å². The molecule has 3 nitrogen and oxygen atoms in total. The molecule has 0 aliphatic carbocycles. The molecule has 12 heavy (non-hydrogen) atoms. The fraction of sp³-hybridized carbons (Fsp3) is 0.875. The summed E-state index contributed by atoms with van der Waals surface area (Å²) in [7, 11) is 0. The standard InChI is InChI=1S/C8H13BrN2O/c9-7-2-4-11(8(7)12)6-1-3-10-5-6/h6-7,10H,1-5H2/t6?,7-/m1/s1. The number of hydrogen-bond acceptors (Lipinski definition) is 2. The van der Waals surface area contributed by atoms with Gasteiger partial charge in [0.25, 0.3) is 0 Å². The summed E-state index contributed by atoms with van der Waals surface area (Å²) < 4.78 is 0. The van der Waals surface area contributed by atoms with E-state index in [-0.39, 0.29) is 10.7 Å². The molecule has 2 atom stereocenters. The van der Waals surface area contributed by atoms with Crippen molar-refractivity contribution in [2.45, 2.75) is 23.7 Å². The molecule has 0 aromatic carbocycles. The van der Waals surface area contributed by atoms with Crippen molar-refractivity contribution in [1.29, 1.82) is 0 Å². The molecule has 2 heterocycles. The van der Waals surface area contributed by atoms with Gasteiger partial charge in [0.05, 0.1) is 4.83 Å². The number of nitrogens with one attached hydrogen (secondary N) is 1. The fourth-order valence-corrected chi connectivity index (χ4v) is 2.40. The van der Waals surface area contributed by atoms with E-state index in [2.05, 4.69) is 21.2 Å². The van der Waals surface area contributed by atoms with Crippen molar-refractivity contribution in [3.05, 3.63) is 0 Å². The van der Waals surface area contributed by atoms with Crippen LogP contribution in [0.15, 0.2) is 0 Å². The Morgan fingerprint density at radius 1 is 1.50 bits per heavy atom. The third-order valence-corrected chi connectivity index (χ3v) is 3.50. The first-order valence-corrected chi connectivity index (χ1v) is 5.36. The molecule has 1 amide bonds. The van der Waals surface area contributed by atoms with E-state index < -0.39 is 0 Å². The summed E-state index contributed by atoms with van der Waals surface area (Å²) in [6.45, 7) is 2.97. The molecule has 0 aromatic rings. The molecule has 0 aromatic heterocycles. The quantitative estimate of drug-likeness (QED) is 0.662. The molecule has 2 aliphatic heterocycles. The van der Waals surface area contributed by atoms with Crippen LogP contribution in [0.5, 0.6) is 0 Å². The van der Waals surface area contributed by atoms with Crippen LogP contribution in [0.3, 0.4) is 0 Å². The van der Waals surface area contributed by atoms with E-state index in [1.165, 1.54) is 0 Å². The molecule has 68 valence electrons. The largest absolute Gasteiger partial charge is 0.337 e. The van der Waals surface area contributed by atoms with Gasteiger partial charge in [-0.15, -0.1) is 0 Å². The van der Waals surface area contributed by atoms with E-state index in [9.17, 15) is 4.79 Å². The Hall–Kier alpha value is -0.0900. The van der Waals surface area contributed by atoms with Gasteiger partial charge in [0, 0.05) is 19.1 Å². The van der Waals surface area contributed by atoms with Crippen molar-refractivity contribution < 1.29 is 4.79 Å². The fourth-order valence-electron chi connectivity index (χ4n) is 1.93. The minimum atomic E-state index is 0.0816. The Morgan fingerprint density at radius 2 is 2.33 bits per heavy atom. The van der Waals surface area contributed by atoms with E-state index in [0.29, 0.717) is 6.04 Å². The SMILES string of the molecule is O=C1[C@H](Br)CCN1C1CCNC1. The van der Waals surface area contributed by atoms with Crippen LogP contribution in [-0.2, 0) is 4.79 Å². The smallest absolute Gasteiger partial charge is 0.236 e. The van der Waals surface area contributed by atoms with E-state index in [1.807, 2.05) is 4.90 Å². The number of alkyl halides is 1. The lowest BCUT2D eigenvalue weighted by Gasteiger charge is -2.22. The van der Waals surface area contributed by atoms with Gasteiger partial charge >= 0.3 is 0 Å². The van der Waals surface area contributed by atoms with Crippen LogP contribution in [0.1, 0.15) is 12.8 Å². The maximum Gasteiger partial charge on any atom is 0.236 e. The molecule has 2 aliphatic rings. The van der Waals surface area contributed by atoms with Gasteiger partial charge in [-0.25, -0.2) is 0 Å². The predicted octanol–water partition coefficient (Wildman–Crippen LogP) is 0.344. The average molecular weight is 233 g/mol. The van der Waals surface area contributed by atoms with E-state index in [4.69, 9.17) is 0 Å². The first-order valence-electron chi connectivity index (χ1n) is 4.44. The zero-order valence-corrected chi connectivity index (χ0v) is 8.51. The number of likely N-dealkylation sites (tertiary alicyclic amines) is 1. The van der Waals surface area contributed by atoms with Gasteiger partial charge in [0.1, 0.15) is 0 Å². The highest BCUT2D eigenvalue weighted by molar-refractivity contribution is 9.10. The highest BCUT2D eigenvalue weighted by atomic mass is 79.9. The van der Waals surface area contributed by atoms with E-state index in [1.54, 1.807) is 0 Å².